The maximum atomic E-state index is 13.3. The van der Waals surface area contributed by atoms with Crippen LogP contribution in [0, 0.1) is 12.7 Å². The molecular formula is C11H12FNO. The molecule has 0 unspecified atom stereocenters. The smallest absolute Gasteiger partial charge is 0.128 e. The SMILES string of the molecule is Cc1cc2ccn(CCO)c2cc1F. The molecule has 2 aromatic rings. The quantitative estimate of drug-likeness (QED) is 0.776. The monoisotopic (exact) mass is 193 g/mol. The Morgan fingerprint density at radius 3 is 2.93 bits per heavy atom. The van der Waals surface area contributed by atoms with Crippen molar-refractivity contribution in [2.75, 3.05) is 6.61 Å². The van der Waals surface area contributed by atoms with E-state index in [-0.39, 0.29) is 12.4 Å². The van der Waals surface area contributed by atoms with Crippen molar-refractivity contribution in [1.29, 1.82) is 0 Å². The van der Waals surface area contributed by atoms with Crippen LogP contribution in [-0.4, -0.2) is 16.3 Å². The number of benzene rings is 1. The van der Waals surface area contributed by atoms with E-state index >= 15 is 0 Å². The van der Waals surface area contributed by atoms with Crippen LogP contribution < -0.4 is 0 Å². The largest absolute Gasteiger partial charge is 0.395 e. The number of aromatic nitrogens is 1. The summed E-state index contributed by atoms with van der Waals surface area (Å²) in [5.41, 5.74) is 1.49. The van der Waals surface area contributed by atoms with Gasteiger partial charge in [-0.3, -0.25) is 0 Å². The fraction of sp³-hybridized carbons (Fsp3) is 0.273. The number of rotatable bonds is 2. The molecule has 1 N–H and O–H groups in total. The first-order chi connectivity index (χ1) is 6.72. The van der Waals surface area contributed by atoms with Gasteiger partial charge in [-0.15, -0.1) is 0 Å². The van der Waals surface area contributed by atoms with Crippen molar-refractivity contribution in [3.63, 3.8) is 0 Å². The summed E-state index contributed by atoms with van der Waals surface area (Å²) in [7, 11) is 0. The van der Waals surface area contributed by atoms with E-state index in [1.165, 1.54) is 6.07 Å². The zero-order valence-electron chi connectivity index (χ0n) is 8.00. The highest BCUT2D eigenvalue weighted by Crippen LogP contribution is 2.19. The summed E-state index contributed by atoms with van der Waals surface area (Å²) in [5.74, 6) is -0.199. The molecule has 2 rings (SSSR count). The highest BCUT2D eigenvalue weighted by Gasteiger charge is 2.04. The first-order valence-corrected chi connectivity index (χ1v) is 4.58. The van der Waals surface area contributed by atoms with Crippen LogP contribution in [0.3, 0.4) is 0 Å². The third-order valence-corrected chi connectivity index (χ3v) is 2.39. The summed E-state index contributed by atoms with van der Waals surface area (Å²) < 4.78 is 15.1. The summed E-state index contributed by atoms with van der Waals surface area (Å²) in [5, 5.41) is 9.82. The summed E-state index contributed by atoms with van der Waals surface area (Å²) in [6.45, 7) is 2.32. The average molecular weight is 193 g/mol. The number of aliphatic hydroxyl groups excluding tert-OH is 1. The van der Waals surface area contributed by atoms with Gasteiger partial charge in [0, 0.05) is 18.1 Å². The van der Waals surface area contributed by atoms with Gasteiger partial charge in [0.15, 0.2) is 0 Å². The fourth-order valence-corrected chi connectivity index (χ4v) is 1.63. The summed E-state index contributed by atoms with van der Waals surface area (Å²) >= 11 is 0. The molecule has 0 amide bonds. The Kier molecular flexibility index (Phi) is 2.25. The minimum Gasteiger partial charge on any atom is -0.395 e. The van der Waals surface area contributed by atoms with Gasteiger partial charge in [-0.1, -0.05) is 0 Å². The van der Waals surface area contributed by atoms with E-state index in [1.54, 1.807) is 6.92 Å². The van der Waals surface area contributed by atoms with Crippen molar-refractivity contribution in [2.24, 2.45) is 0 Å². The number of nitrogens with zero attached hydrogens (tertiary/aromatic N) is 1. The number of aryl methyl sites for hydroxylation is 1. The maximum Gasteiger partial charge on any atom is 0.128 e. The molecule has 2 nitrogen and oxygen atoms in total. The third kappa shape index (κ3) is 1.40. The van der Waals surface area contributed by atoms with Crippen molar-refractivity contribution < 1.29 is 9.50 Å². The van der Waals surface area contributed by atoms with Gasteiger partial charge in [0.25, 0.3) is 0 Å². The van der Waals surface area contributed by atoms with Gasteiger partial charge in [-0.25, -0.2) is 4.39 Å². The van der Waals surface area contributed by atoms with Gasteiger partial charge in [0.05, 0.1) is 12.1 Å². The van der Waals surface area contributed by atoms with Crippen LogP contribution in [0.4, 0.5) is 4.39 Å². The fourth-order valence-electron chi connectivity index (χ4n) is 1.63. The van der Waals surface area contributed by atoms with Crippen LogP contribution in [0.15, 0.2) is 24.4 Å². The minimum atomic E-state index is -0.199. The first kappa shape index (κ1) is 9.21. The number of hydrogen-bond acceptors (Lipinski definition) is 1. The zero-order chi connectivity index (χ0) is 10.1. The van der Waals surface area contributed by atoms with E-state index in [4.69, 9.17) is 5.11 Å². The molecule has 0 bridgehead atoms. The van der Waals surface area contributed by atoms with Crippen LogP contribution in [0.25, 0.3) is 10.9 Å². The predicted octanol–water partition coefficient (Wildman–Crippen LogP) is 2.08. The summed E-state index contributed by atoms with van der Waals surface area (Å²) in [6, 6.07) is 5.26. The lowest BCUT2D eigenvalue weighted by molar-refractivity contribution is 0.278. The standard InChI is InChI=1S/C11H12FNO/c1-8-6-9-2-3-13(4-5-14)11(9)7-10(8)12/h2-3,6-7,14H,4-5H2,1H3. The van der Waals surface area contributed by atoms with Crippen molar-refractivity contribution in [1.82, 2.24) is 4.57 Å². The van der Waals surface area contributed by atoms with Gasteiger partial charge >= 0.3 is 0 Å². The molecular weight excluding hydrogens is 181 g/mol. The third-order valence-electron chi connectivity index (χ3n) is 2.39. The molecule has 0 aliphatic heterocycles. The lowest BCUT2D eigenvalue weighted by Crippen LogP contribution is -2.00. The van der Waals surface area contributed by atoms with Gasteiger partial charge in [0.2, 0.25) is 0 Å². The van der Waals surface area contributed by atoms with Crippen molar-refractivity contribution in [2.45, 2.75) is 13.5 Å². The molecule has 1 aromatic carbocycles. The summed E-state index contributed by atoms with van der Waals surface area (Å²) in [6.07, 6.45) is 1.86. The average Bonchev–Trinajstić information content (AvgIpc) is 2.51. The molecule has 0 fully saturated rings. The van der Waals surface area contributed by atoms with Crippen LogP contribution in [-0.2, 0) is 6.54 Å². The van der Waals surface area contributed by atoms with Crippen molar-refractivity contribution in [3.05, 3.63) is 35.8 Å². The molecule has 1 heterocycles. The second-order valence-corrected chi connectivity index (χ2v) is 3.39. The Balaban J connectivity index is 2.61. The molecule has 0 saturated carbocycles. The van der Waals surface area contributed by atoms with E-state index in [2.05, 4.69) is 0 Å². The Morgan fingerprint density at radius 1 is 1.43 bits per heavy atom. The van der Waals surface area contributed by atoms with E-state index in [9.17, 15) is 4.39 Å². The van der Waals surface area contributed by atoms with E-state index in [0.29, 0.717) is 12.1 Å². The zero-order valence-corrected chi connectivity index (χ0v) is 8.00. The number of aliphatic hydroxyl groups is 1. The van der Waals surface area contributed by atoms with Crippen LogP contribution in [0.5, 0.6) is 0 Å². The van der Waals surface area contributed by atoms with Crippen LogP contribution in [0.2, 0.25) is 0 Å². The topological polar surface area (TPSA) is 25.2 Å². The molecule has 14 heavy (non-hydrogen) atoms. The molecule has 0 spiro atoms. The minimum absolute atomic E-state index is 0.0687. The molecule has 0 aliphatic rings. The van der Waals surface area contributed by atoms with Gasteiger partial charge in [0.1, 0.15) is 5.82 Å². The Morgan fingerprint density at radius 2 is 2.21 bits per heavy atom. The number of hydrogen-bond donors (Lipinski definition) is 1. The molecule has 0 atom stereocenters. The lowest BCUT2D eigenvalue weighted by atomic mass is 10.2. The Labute approximate surface area is 81.6 Å². The second-order valence-electron chi connectivity index (χ2n) is 3.39. The highest BCUT2D eigenvalue weighted by molar-refractivity contribution is 5.81. The van der Waals surface area contributed by atoms with Gasteiger partial charge in [-0.2, -0.15) is 0 Å². The van der Waals surface area contributed by atoms with Crippen molar-refractivity contribution in [3.8, 4) is 0 Å². The van der Waals surface area contributed by atoms with Crippen LogP contribution >= 0.6 is 0 Å². The van der Waals surface area contributed by atoms with Gasteiger partial charge < -0.3 is 9.67 Å². The van der Waals surface area contributed by atoms with E-state index < -0.39 is 0 Å². The molecule has 3 heteroatoms. The normalized spacial score (nSPS) is 11.1. The van der Waals surface area contributed by atoms with E-state index in [1.807, 2.05) is 22.9 Å². The van der Waals surface area contributed by atoms with Gasteiger partial charge in [-0.05, 0) is 30.7 Å². The number of fused-ring (bicyclic) bond motifs is 1. The Hall–Kier alpha value is -1.35. The second kappa shape index (κ2) is 3.42. The van der Waals surface area contributed by atoms with E-state index in [0.717, 1.165) is 10.9 Å². The lowest BCUT2D eigenvalue weighted by Gasteiger charge is -2.03. The molecule has 1 aromatic heterocycles. The van der Waals surface area contributed by atoms with Crippen LogP contribution in [0.1, 0.15) is 5.56 Å². The number of halogens is 1. The molecule has 0 saturated heterocycles. The summed E-state index contributed by atoms with van der Waals surface area (Å²) in [4.78, 5) is 0. The maximum absolute atomic E-state index is 13.3. The highest BCUT2D eigenvalue weighted by atomic mass is 19.1. The molecule has 0 radical (unpaired) electrons. The predicted molar refractivity (Wildman–Crippen MR) is 53.7 cm³/mol. The Bertz CT molecular complexity index is 462. The molecule has 0 aliphatic carbocycles. The van der Waals surface area contributed by atoms with Crippen molar-refractivity contribution >= 4 is 10.9 Å². The first-order valence-electron chi connectivity index (χ1n) is 4.58. The molecule has 74 valence electrons.